The van der Waals surface area contributed by atoms with Crippen molar-refractivity contribution in [1.82, 2.24) is 0 Å². The molecule has 0 saturated carbocycles. The fraction of sp³-hybridized carbons (Fsp3) is 0.214. The average Bonchev–Trinajstić information content (AvgIpc) is 3.12. The van der Waals surface area contributed by atoms with E-state index < -0.39 is 17.7 Å². The van der Waals surface area contributed by atoms with E-state index in [0.717, 1.165) is 11.1 Å². The topological polar surface area (TPSA) is 76.1 Å². The van der Waals surface area contributed by atoms with Gasteiger partial charge in [0.15, 0.2) is 0 Å². The van der Waals surface area contributed by atoms with Crippen molar-refractivity contribution in [3.63, 3.8) is 0 Å². The number of amides is 1. The predicted molar refractivity (Wildman–Crippen MR) is 136 cm³/mol. The Morgan fingerprint density at radius 2 is 1.66 bits per heavy atom. The Morgan fingerprint density at radius 1 is 0.971 bits per heavy atom. The van der Waals surface area contributed by atoms with Crippen molar-refractivity contribution in [3.8, 4) is 11.5 Å². The number of hydrogen-bond donors (Lipinski definition) is 1. The second kappa shape index (κ2) is 9.84. The SMILES string of the molecule is CCOc1ccc(Cl)c(/C(O)=C2\C(=O)C(=O)N(c3ccc(C)c(C)c3)C2c2ccc(OC)cc2)c1. The van der Waals surface area contributed by atoms with E-state index in [0.29, 0.717) is 29.4 Å². The van der Waals surface area contributed by atoms with Crippen molar-refractivity contribution in [3.05, 3.63) is 93.5 Å². The lowest BCUT2D eigenvalue weighted by Crippen LogP contribution is -2.29. The Balaban J connectivity index is 1.95. The standard InChI is InChI=1S/C28H26ClNO5/c1-5-35-21-12-13-23(29)22(15-21)26(31)24-25(18-7-10-20(34-4)11-8-18)30(28(33)27(24)32)19-9-6-16(2)17(3)14-19/h6-15,25,31H,5H2,1-4H3/b26-24+. The molecule has 0 aromatic heterocycles. The molecular formula is C28H26ClNO5. The number of hydrogen-bond acceptors (Lipinski definition) is 5. The van der Waals surface area contributed by atoms with E-state index in [1.807, 2.05) is 32.9 Å². The summed E-state index contributed by atoms with van der Waals surface area (Å²) in [5.41, 5.74) is 3.41. The number of methoxy groups -OCH3 is 1. The van der Waals surface area contributed by atoms with Gasteiger partial charge in [0.05, 0.1) is 30.4 Å². The van der Waals surface area contributed by atoms with Crippen LogP contribution in [0.1, 0.15) is 35.2 Å². The molecule has 0 bridgehead atoms. The molecule has 1 saturated heterocycles. The zero-order valence-corrected chi connectivity index (χ0v) is 20.7. The van der Waals surface area contributed by atoms with Gasteiger partial charge in [-0.15, -0.1) is 0 Å². The van der Waals surface area contributed by atoms with E-state index in [-0.39, 0.29) is 21.9 Å². The smallest absolute Gasteiger partial charge is 0.300 e. The summed E-state index contributed by atoms with van der Waals surface area (Å²) in [7, 11) is 1.56. The second-order valence-corrected chi connectivity index (χ2v) is 8.69. The van der Waals surface area contributed by atoms with Crippen LogP contribution in [0.25, 0.3) is 5.76 Å². The summed E-state index contributed by atoms with van der Waals surface area (Å²) < 4.78 is 10.8. The van der Waals surface area contributed by atoms with Gasteiger partial charge in [-0.05, 0) is 79.9 Å². The van der Waals surface area contributed by atoms with E-state index in [2.05, 4.69) is 0 Å². The molecule has 1 N–H and O–H groups in total. The first-order valence-electron chi connectivity index (χ1n) is 11.2. The van der Waals surface area contributed by atoms with Gasteiger partial charge in [-0.1, -0.05) is 29.8 Å². The van der Waals surface area contributed by atoms with Gasteiger partial charge in [0, 0.05) is 11.3 Å². The van der Waals surface area contributed by atoms with E-state index in [1.54, 1.807) is 55.6 Å². The summed E-state index contributed by atoms with van der Waals surface area (Å²) in [5.74, 6) is -0.763. The average molecular weight is 492 g/mol. The lowest BCUT2D eigenvalue weighted by Gasteiger charge is -2.26. The molecule has 180 valence electrons. The molecule has 0 radical (unpaired) electrons. The number of rotatable bonds is 6. The summed E-state index contributed by atoms with van der Waals surface area (Å²) in [6.07, 6.45) is 0. The lowest BCUT2D eigenvalue weighted by molar-refractivity contribution is -0.132. The minimum atomic E-state index is -0.866. The van der Waals surface area contributed by atoms with Crippen LogP contribution in [0.4, 0.5) is 5.69 Å². The first kappa shape index (κ1) is 24.4. The highest BCUT2D eigenvalue weighted by Crippen LogP contribution is 2.44. The largest absolute Gasteiger partial charge is 0.507 e. The highest BCUT2D eigenvalue weighted by atomic mass is 35.5. The number of nitrogens with zero attached hydrogens (tertiary/aromatic N) is 1. The van der Waals surface area contributed by atoms with Crippen LogP contribution in [0.2, 0.25) is 5.02 Å². The number of ketones is 1. The summed E-state index contributed by atoms with van der Waals surface area (Å²) >= 11 is 6.40. The van der Waals surface area contributed by atoms with Crippen LogP contribution in [-0.2, 0) is 9.59 Å². The highest BCUT2D eigenvalue weighted by Gasteiger charge is 2.47. The number of anilines is 1. The number of benzene rings is 3. The molecule has 0 spiro atoms. The minimum absolute atomic E-state index is 0.0473. The highest BCUT2D eigenvalue weighted by molar-refractivity contribution is 6.52. The van der Waals surface area contributed by atoms with Crippen LogP contribution in [0.15, 0.2) is 66.2 Å². The van der Waals surface area contributed by atoms with E-state index in [1.165, 1.54) is 4.90 Å². The molecule has 1 amide bonds. The molecule has 1 fully saturated rings. The molecule has 1 aliphatic rings. The maximum atomic E-state index is 13.4. The summed E-state index contributed by atoms with van der Waals surface area (Å²) in [4.78, 5) is 28.2. The number of halogens is 1. The second-order valence-electron chi connectivity index (χ2n) is 8.29. The normalized spacial score (nSPS) is 17.1. The van der Waals surface area contributed by atoms with Crippen molar-refractivity contribution in [2.75, 3.05) is 18.6 Å². The third-order valence-corrected chi connectivity index (χ3v) is 6.48. The van der Waals surface area contributed by atoms with Gasteiger partial charge in [0.25, 0.3) is 11.7 Å². The van der Waals surface area contributed by atoms with Crippen molar-refractivity contribution >= 4 is 34.7 Å². The molecule has 4 rings (SSSR count). The van der Waals surface area contributed by atoms with Crippen molar-refractivity contribution in [2.45, 2.75) is 26.8 Å². The molecule has 3 aromatic rings. The Labute approximate surface area is 209 Å². The maximum Gasteiger partial charge on any atom is 0.300 e. The Morgan fingerprint density at radius 3 is 2.29 bits per heavy atom. The predicted octanol–water partition coefficient (Wildman–Crippen LogP) is 5.99. The van der Waals surface area contributed by atoms with Crippen molar-refractivity contribution < 1.29 is 24.2 Å². The number of ether oxygens (including phenoxy) is 2. The van der Waals surface area contributed by atoms with Crippen LogP contribution in [0.3, 0.4) is 0 Å². The van der Waals surface area contributed by atoms with Gasteiger partial charge in [-0.3, -0.25) is 14.5 Å². The number of aliphatic hydroxyl groups is 1. The van der Waals surface area contributed by atoms with Crippen molar-refractivity contribution in [1.29, 1.82) is 0 Å². The molecular weight excluding hydrogens is 466 g/mol. The van der Waals surface area contributed by atoms with E-state index in [4.69, 9.17) is 21.1 Å². The summed E-state index contributed by atoms with van der Waals surface area (Å²) in [6.45, 7) is 6.18. The number of aryl methyl sites for hydroxylation is 2. The number of carbonyl (C=O) groups excluding carboxylic acids is 2. The number of aliphatic hydroxyl groups excluding tert-OH is 1. The molecule has 35 heavy (non-hydrogen) atoms. The number of Topliss-reactive ketones (excluding diaryl/α,β-unsaturated/α-hetero) is 1. The Bertz CT molecular complexity index is 1330. The minimum Gasteiger partial charge on any atom is -0.507 e. The number of carbonyl (C=O) groups is 2. The fourth-order valence-electron chi connectivity index (χ4n) is 4.16. The van der Waals surface area contributed by atoms with Gasteiger partial charge < -0.3 is 14.6 Å². The van der Waals surface area contributed by atoms with Crippen molar-refractivity contribution in [2.24, 2.45) is 0 Å². The fourth-order valence-corrected chi connectivity index (χ4v) is 4.37. The molecule has 0 aliphatic carbocycles. The third-order valence-electron chi connectivity index (χ3n) is 6.15. The molecule has 1 unspecified atom stereocenters. The molecule has 6 nitrogen and oxygen atoms in total. The zero-order chi connectivity index (χ0) is 25.3. The Kier molecular flexibility index (Phi) is 6.85. The first-order chi connectivity index (χ1) is 16.8. The monoisotopic (exact) mass is 491 g/mol. The molecule has 1 aliphatic heterocycles. The third kappa shape index (κ3) is 4.49. The van der Waals surface area contributed by atoms with Crippen LogP contribution >= 0.6 is 11.6 Å². The molecule has 1 atom stereocenters. The van der Waals surface area contributed by atoms with E-state index in [9.17, 15) is 14.7 Å². The molecule has 3 aromatic carbocycles. The first-order valence-corrected chi connectivity index (χ1v) is 11.6. The van der Waals surface area contributed by atoms with Crippen LogP contribution in [0.5, 0.6) is 11.5 Å². The van der Waals surface area contributed by atoms with Crippen LogP contribution in [0, 0.1) is 13.8 Å². The van der Waals surface area contributed by atoms with Gasteiger partial charge >= 0.3 is 0 Å². The Hall–Kier alpha value is -3.77. The lowest BCUT2D eigenvalue weighted by atomic mass is 9.94. The van der Waals surface area contributed by atoms with Gasteiger partial charge in [-0.25, -0.2) is 0 Å². The van der Waals surface area contributed by atoms with Crippen LogP contribution < -0.4 is 14.4 Å². The van der Waals surface area contributed by atoms with Gasteiger partial charge in [0.2, 0.25) is 0 Å². The summed E-state index contributed by atoms with van der Waals surface area (Å²) in [6, 6.07) is 16.6. The molecule has 1 heterocycles. The maximum absolute atomic E-state index is 13.4. The van der Waals surface area contributed by atoms with E-state index >= 15 is 0 Å². The quantitative estimate of drug-likeness (QED) is 0.260. The van der Waals surface area contributed by atoms with Gasteiger partial charge in [-0.2, -0.15) is 0 Å². The zero-order valence-electron chi connectivity index (χ0n) is 20.0. The summed E-state index contributed by atoms with van der Waals surface area (Å²) in [5, 5.41) is 11.6. The van der Waals surface area contributed by atoms with Crippen LogP contribution in [-0.4, -0.2) is 30.5 Å². The molecule has 7 heteroatoms. The van der Waals surface area contributed by atoms with Gasteiger partial charge in [0.1, 0.15) is 17.3 Å².